The van der Waals surface area contributed by atoms with Gasteiger partial charge in [0.1, 0.15) is 5.82 Å². The van der Waals surface area contributed by atoms with E-state index in [4.69, 9.17) is 28.9 Å². The van der Waals surface area contributed by atoms with Gasteiger partial charge in [0.15, 0.2) is 4.96 Å². The van der Waals surface area contributed by atoms with Gasteiger partial charge >= 0.3 is 0 Å². The van der Waals surface area contributed by atoms with E-state index in [1.54, 1.807) is 6.07 Å². The molecule has 92 valence electrons. The summed E-state index contributed by atoms with van der Waals surface area (Å²) in [6, 6.07) is 5.43. The summed E-state index contributed by atoms with van der Waals surface area (Å²) in [4.78, 5) is 5.26. The smallest absolute Gasteiger partial charge is 0.196 e. The first-order valence-electron chi connectivity index (χ1n) is 5.25. The molecule has 6 heteroatoms. The van der Waals surface area contributed by atoms with Crippen LogP contribution in [0, 0.1) is 6.92 Å². The van der Waals surface area contributed by atoms with Gasteiger partial charge in [0.2, 0.25) is 0 Å². The Morgan fingerprint density at radius 3 is 2.83 bits per heavy atom. The number of hydrogen-bond acceptors (Lipinski definition) is 3. The summed E-state index contributed by atoms with van der Waals surface area (Å²) in [5.74, 6) is 0.646. The number of nitrogens with zero attached hydrogens (tertiary/aromatic N) is 2. The van der Waals surface area contributed by atoms with Gasteiger partial charge in [-0.3, -0.25) is 4.40 Å². The molecule has 18 heavy (non-hydrogen) atoms. The topological polar surface area (TPSA) is 43.3 Å². The SMILES string of the molecule is Cc1nc2scc(-c3ccc(Cl)cc3Cl)n2c1N. The van der Waals surface area contributed by atoms with E-state index in [2.05, 4.69) is 4.98 Å². The molecule has 2 aromatic heterocycles. The van der Waals surface area contributed by atoms with E-state index < -0.39 is 0 Å². The molecule has 0 fully saturated rings. The molecule has 0 aliphatic carbocycles. The lowest BCUT2D eigenvalue weighted by molar-refractivity contribution is 1.24. The Labute approximate surface area is 118 Å². The first-order valence-corrected chi connectivity index (χ1v) is 6.89. The zero-order valence-electron chi connectivity index (χ0n) is 9.45. The number of anilines is 1. The molecule has 0 saturated heterocycles. The summed E-state index contributed by atoms with van der Waals surface area (Å²) >= 11 is 13.7. The maximum Gasteiger partial charge on any atom is 0.196 e. The van der Waals surface area contributed by atoms with Crippen LogP contribution in [0.5, 0.6) is 0 Å². The fourth-order valence-corrected chi connectivity index (χ4v) is 3.32. The van der Waals surface area contributed by atoms with Crippen molar-refractivity contribution in [2.45, 2.75) is 6.92 Å². The molecule has 2 N–H and O–H groups in total. The lowest BCUT2D eigenvalue weighted by Gasteiger charge is -2.04. The molecule has 0 radical (unpaired) electrons. The Morgan fingerprint density at radius 1 is 1.33 bits per heavy atom. The summed E-state index contributed by atoms with van der Waals surface area (Å²) in [5, 5.41) is 3.21. The van der Waals surface area contributed by atoms with Crippen molar-refractivity contribution in [1.29, 1.82) is 0 Å². The largest absolute Gasteiger partial charge is 0.383 e. The highest BCUT2D eigenvalue weighted by atomic mass is 35.5. The average Bonchev–Trinajstić information content (AvgIpc) is 2.82. The number of thiazole rings is 1. The van der Waals surface area contributed by atoms with Crippen LogP contribution in [0.2, 0.25) is 10.0 Å². The Balaban J connectivity index is 2.31. The van der Waals surface area contributed by atoms with Crippen LogP contribution in [0.15, 0.2) is 23.6 Å². The van der Waals surface area contributed by atoms with E-state index in [-0.39, 0.29) is 0 Å². The molecule has 3 rings (SSSR count). The lowest BCUT2D eigenvalue weighted by Crippen LogP contribution is -1.95. The minimum atomic E-state index is 0.605. The van der Waals surface area contributed by atoms with Crippen LogP contribution in [0.4, 0.5) is 5.82 Å². The monoisotopic (exact) mass is 297 g/mol. The van der Waals surface area contributed by atoms with Gasteiger partial charge in [-0.25, -0.2) is 4.98 Å². The van der Waals surface area contributed by atoms with Crippen molar-refractivity contribution in [2.75, 3.05) is 5.73 Å². The lowest BCUT2D eigenvalue weighted by atomic mass is 10.2. The summed E-state index contributed by atoms with van der Waals surface area (Å²) in [5.41, 5.74) is 8.70. The van der Waals surface area contributed by atoms with Crippen LogP contribution < -0.4 is 5.73 Å². The van der Waals surface area contributed by atoms with Gasteiger partial charge in [-0.05, 0) is 25.1 Å². The Bertz CT molecular complexity index is 745. The normalized spacial score (nSPS) is 11.3. The maximum absolute atomic E-state index is 6.23. The van der Waals surface area contributed by atoms with Gasteiger partial charge in [-0.15, -0.1) is 11.3 Å². The highest BCUT2D eigenvalue weighted by Gasteiger charge is 2.14. The number of nitrogen functional groups attached to an aromatic ring is 1. The molecular weight excluding hydrogens is 289 g/mol. The molecule has 0 aliphatic rings. The highest BCUT2D eigenvalue weighted by molar-refractivity contribution is 7.15. The number of fused-ring (bicyclic) bond motifs is 1. The Morgan fingerprint density at radius 2 is 2.11 bits per heavy atom. The van der Waals surface area contributed by atoms with Crippen LogP contribution in [0.25, 0.3) is 16.2 Å². The minimum Gasteiger partial charge on any atom is -0.383 e. The van der Waals surface area contributed by atoms with Gasteiger partial charge in [-0.2, -0.15) is 0 Å². The predicted molar refractivity (Wildman–Crippen MR) is 77.7 cm³/mol. The molecule has 1 aromatic carbocycles. The zero-order chi connectivity index (χ0) is 12.9. The second-order valence-electron chi connectivity index (χ2n) is 3.95. The van der Waals surface area contributed by atoms with Crippen LogP contribution in [-0.4, -0.2) is 9.38 Å². The van der Waals surface area contributed by atoms with Crippen molar-refractivity contribution in [2.24, 2.45) is 0 Å². The number of aromatic nitrogens is 2. The number of hydrogen-bond donors (Lipinski definition) is 1. The third kappa shape index (κ3) is 1.68. The van der Waals surface area contributed by atoms with Crippen molar-refractivity contribution in [3.8, 4) is 11.3 Å². The molecule has 0 saturated carbocycles. The minimum absolute atomic E-state index is 0.605. The van der Waals surface area contributed by atoms with Crippen LogP contribution in [0.1, 0.15) is 5.69 Å². The van der Waals surface area contributed by atoms with Crippen molar-refractivity contribution in [1.82, 2.24) is 9.38 Å². The van der Waals surface area contributed by atoms with Crippen LogP contribution in [-0.2, 0) is 0 Å². The number of rotatable bonds is 1. The van der Waals surface area contributed by atoms with Crippen molar-refractivity contribution in [3.05, 3.63) is 39.3 Å². The van der Waals surface area contributed by atoms with Crippen LogP contribution in [0.3, 0.4) is 0 Å². The third-order valence-corrected chi connectivity index (χ3v) is 4.16. The molecule has 3 aromatic rings. The quantitative estimate of drug-likeness (QED) is 0.729. The Kier molecular flexibility index (Phi) is 2.73. The fourth-order valence-electron chi connectivity index (χ4n) is 1.87. The zero-order valence-corrected chi connectivity index (χ0v) is 11.8. The van der Waals surface area contributed by atoms with Gasteiger partial charge < -0.3 is 5.73 Å². The van der Waals surface area contributed by atoms with Gasteiger partial charge in [-0.1, -0.05) is 23.2 Å². The van der Waals surface area contributed by atoms with Gasteiger partial charge in [0.05, 0.1) is 16.4 Å². The van der Waals surface area contributed by atoms with Gasteiger partial charge in [0.25, 0.3) is 0 Å². The molecule has 2 heterocycles. The summed E-state index contributed by atoms with van der Waals surface area (Å²) < 4.78 is 1.91. The number of benzene rings is 1. The molecule has 0 spiro atoms. The molecule has 0 bridgehead atoms. The number of nitrogens with two attached hydrogens (primary N) is 1. The molecule has 3 nitrogen and oxygen atoms in total. The standard InChI is InChI=1S/C12H9Cl2N3S/c1-6-11(15)17-10(5-18-12(17)16-6)8-3-2-7(13)4-9(8)14/h2-5H,15H2,1H3. The predicted octanol–water partition coefficient (Wildman–Crippen LogP) is 4.26. The first kappa shape index (κ1) is 11.8. The third-order valence-electron chi connectivity index (χ3n) is 2.79. The summed E-state index contributed by atoms with van der Waals surface area (Å²) in [6.07, 6.45) is 0. The van der Waals surface area contributed by atoms with Gasteiger partial charge in [0, 0.05) is 16.0 Å². The molecule has 0 amide bonds. The van der Waals surface area contributed by atoms with E-state index in [9.17, 15) is 0 Å². The molecule has 0 unspecified atom stereocenters. The molecule has 0 aliphatic heterocycles. The van der Waals surface area contributed by atoms with Crippen molar-refractivity contribution >= 4 is 45.3 Å². The van der Waals surface area contributed by atoms with E-state index >= 15 is 0 Å². The molecular formula is C12H9Cl2N3S. The molecule has 0 atom stereocenters. The first-order chi connectivity index (χ1) is 8.58. The Hall–Kier alpha value is -1.23. The number of aryl methyl sites for hydroxylation is 1. The second-order valence-corrected chi connectivity index (χ2v) is 5.63. The van der Waals surface area contributed by atoms with Crippen molar-refractivity contribution < 1.29 is 0 Å². The maximum atomic E-state index is 6.23. The van der Waals surface area contributed by atoms with E-state index in [0.29, 0.717) is 15.9 Å². The number of imidazole rings is 1. The fraction of sp³-hybridized carbons (Fsp3) is 0.0833. The van der Waals surface area contributed by atoms with E-state index in [1.165, 1.54) is 11.3 Å². The van der Waals surface area contributed by atoms with Crippen molar-refractivity contribution in [3.63, 3.8) is 0 Å². The highest BCUT2D eigenvalue weighted by Crippen LogP contribution is 2.35. The number of halogens is 2. The summed E-state index contributed by atoms with van der Waals surface area (Å²) in [7, 11) is 0. The van der Waals surface area contributed by atoms with Crippen LogP contribution >= 0.6 is 34.5 Å². The average molecular weight is 298 g/mol. The van der Waals surface area contributed by atoms with E-state index in [1.807, 2.05) is 28.8 Å². The second kappa shape index (κ2) is 4.16. The van der Waals surface area contributed by atoms with E-state index in [0.717, 1.165) is 21.9 Å². The summed E-state index contributed by atoms with van der Waals surface area (Å²) in [6.45, 7) is 1.89.